The van der Waals surface area contributed by atoms with Gasteiger partial charge >= 0.3 is 0 Å². The molecule has 0 saturated heterocycles. The summed E-state index contributed by atoms with van der Waals surface area (Å²) in [4.78, 5) is 0. The second-order valence-corrected chi connectivity index (χ2v) is 3.00. The average molecular weight is 167 g/mol. The number of hydrogen-bond acceptors (Lipinski definition) is 2. The third-order valence-corrected chi connectivity index (χ3v) is 1.91. The van der Waals surface area contributed by atoms with Crippen LogP contribution in [-0.4, -0.2) is 22.9 Å². The van der Waals surface area contributed by atoms with Gasteiger partial charge in [0.15, 0.2) is 0 Å². The molecule has 0 aliphatic heterocycles. The molecule has 3 heteroatoms. The number of aromatic nitrogens is 2. The molecule has 0 saturated carbocycles. The van der Waals surface area contributed by atoms with Crippen molar-refractivity contribution in [2.75, 3.05) is 13.1 Å². The van der Waals surface area contributed by atoms with E-state index in [0.717, 1.165) is 25.2 Å². The molecule has 1 rings (SSSR count). The Kier molecular flexibility index (Phi) is 3.29. The SMILES string of the molecule is CCNCCc1cc(C)nn1C. The second kappa shape index (κ2) is 4.26. The topological polar surface area (TPSA) is 29.9 Å². The summed E-state index contributed by atoms with van der Waals surface area (Å²) >= 11 is 0. The number of rotatable bonds is 4. The van der Waals surface area contributed by atoms with Gasteiger partial charge in [0.05, 0.1) is 5.69 Å². The van der Waals surface area contributed by atoms with Crippen LogP contribution in [0.15, 0.2) is 6.07 Å². The molecule has 0 amide bonds. The van der Waals surface area contributed by atoms with Crippen molar-refractivity contribution in [3.05, 3.63) is 17.5 Å². The Morgan fingerprint density at radius 3 is 2.83 bits per heavy atom. The minimum Gasteiger partial charge on any atom is -0.317 e. The molecule has 0 unspecified atom stereocenters. The zero-order chi connectivity index (χ0) is 8.97. The van der Waals surface area contributed by atoms with Crippen molar-refractivity contribution in [2.24, 2.45) is 7.05 Å². The molecule has 12 heavy (non-hydrogen) atoms. The lowest BCUT2D eigenvalue weighted by Gasteiger charge is -2.01. The van der Waals surface area contributed by atoms with Crippen LogP contribution in [0.1, 0.15) is 18.3 Å². The fourth-order valence-electron chi connectivity index (χ4n) is 1.29. The van der Waals surface area contributed by atoms with Gasteiger partial charge in [-0.1, -0.05) is 6.92 Å². The molecule has 3 nitrogen and oxygen atoms in total. The first kappa shape index (κ1) is 9.26. The minimum atomic E-state index is 1.04. The lowest BCUT2D eigenvalue weighted by atomic mass is 10.3. The summed E-state index contributed by atoms with van der Waals surface area (Å²) in [6, 6.07) is 2.14. The normalized spacial score (nSPS) is 10.6. The number of nitrogens with zero attached hydrogens (tertiary/aromatic N) is 2. The van der Waals surface area contributed by atoms with Crippen molar-refractivity contribution in [1.29, 1.82) is 0 Å². The molecule has 0 aliphatic rings. The molecule has 0 atom stereocenters. The van der Waals surface area contributed by atoms with Crippen molar-refractivity contribution in [3.8, 4) is 0 Å². The maximum Gasteiger partial charge on any atom is 0.0596 e. The standard InChI is InChI=1S/C9H17N3/c1-4-10-6-5-9-7-8(2)11-12(9)3/h7,10H,4-6H2,1-3H3. The summed E-state index contributed by atoms with van der Waals surface area (Å²) in [5.41, 5.74) is 2.40. The lowest BCUT2D eigenvalue weighted by molar-refractivity contribution is 0.656. The molecule has 1 aromatic rings. The van der Waals surface area contributed by atoms with Gasteiger partial charge in [0.2, 0.25) is 0 Å². The highest BCUT2D eigenvalue weighted by molar-refractivity contribution is 5.08. The van der Waals surface area contributed by atoms with Crippen LogP contribution in [0.2, 0.25) is 0 Å². The maximum absolute atomic E-state index is 4.28. The molecule has 0 radical (unpaired) electrons. The maximum atomic E-state index is 4.28. The molecular formula is C9H17N3. The Hall–Kier alpha value is -0.830. The molecule has 68 valence electrons. The molecule has 0 aliphatic carbocycles. The van der Waals surface area contributed by atoms with Crippen LogP contribution in [0.5, 0.6) is 0 Å². The Morgan fingerprint density at radius 2 is 2.33 bits per heavy atom. The largest absolute Gasteiger partial charge is 0.317 e. The monoisotopic (exact) mass is 167 g/mol. The van der Waals surface area contributed by atoms with E-state index in [1.807, 2.05) is 18.7 Å². The van der Waals surface area contributed by atoms with Gasteiger partial charge in [0, 0.05) is 25.7 Å². The van der Waals surface area contributed by atoms with Crippen molar-refractivity contribution in [3.63, 3.8) is 0 Å². The van der Waals surface area contributed by atoms with E-state index in [1.54, 1.807) is 0 Å². The number of aryl methyl sites for hydroxylation is 2. The lowest BCUT2D eigenvalue weighted by Crippen LogP contribution is -2.17. The molecule has 1 heterocycles. The Labute approximate surface area is 73.8 Å². The molecule has 1 N–H and O–H groups in total. The zero-order valence-electron chi connectivity index (χ0n) is 8.09. The molecule has 0 bridgehead atoms. The van der Waals surface area contributed by atoms with Crippen LogP contribution in [0.25, 0.3) is 0 Å². The van der Waals surface area contributed by atoms with Crippen molar-refractivity contribution >= 4 is 0 Å². The van der Waals surface area contributed by atoms with Crippen LogP contribution in [0.3, 0.4) is 0 Å². The van der Waals surface area contributed by atoms with E-state index in [-0.39, 0.29) is 0 Å². The van der Waals surface area contributed by atoms with Crippen LogP contribution < -0.4 is 5.32 Å². The van der Waals surface area contributed by atoms with Gasteiger partial charge in [-0.15, -0.1) is 0 Å². The Balaban J connectivity index is 2.45. The highest BCUT2D eigenvalue weighted by Crippen LogP contribution is 2.01. The van der Waals surface area contributed by atoms with Gasteiger partial charge in [-0.05, 0) is 19.5 Å². The minimum absolute atomic E-state index is 1.04. The molecule has 0 spiro atoms. The smallest absolute Gasteiger partial charge is 0.0596 e. The molecule has 0 fully saturated rings. The summed E-state index contributed by atoms with van der Waals surface area (Å²) in [5.74, 6) is 0. The van der Waals surface area contributed by atoms with Crippen molar-refractivity contribution in [1.82, 2.24) is 15.1 Å². The van der Waals surface area contributed by atoms with Gasteiger partial charge in [-0.2, -0.15) is 5.10 Å². The van der Waals surface area contributed by atoms with Gasteiger partial charge in [-0.3, -0.25) is 4.68 Å². The third-order valence-electron chi connectivity index (χ3n) is 1.91. The summed E-state index contributed by atoms with van der Waals surface area (Å²) in [5, 5.41) is 7.57. The summed E-state index contributed by atoms with van der Waals surface area (Å²) in [6.45, 7) is 6.22. The summed E-state index contributed by atoms with van der Waals surface area (Å²) in [7, 11) is 1.99. The number of nitrogens with one attached hydrogen (secondary N) is 1. The molecular weight excluding hydrogens is 150 g/mol. The number of likely N-dealkylation sites (N-methyl/N-ethyl adjacent to an activating group) is 1. The van der Waals surface area contributed by atoms with Gasteiger partial charge < -0.3 is 5.32 Å². The van der Waals surface area contributed by atoms with Crippen LogP contribution in [0, 0.1) is 6.92 Å². The van der Waals surface area contributed by atoms with E-state index in [0.29, 0.717) is 0 Å². The first-order chi connectivity index (χ1) is 5.74. The van der Waals surface area contributed by atoms with Crippen molar-refractivity contribution in [2.45, 2.75) is 20.3 Å². The first-order valence-electron chi connectivity index (χ1n) is 4.44. The highest BCUT2D eigenvalue weighted by Gasteiger charge is 1.99. The van der Waals surface area contributed by atoms with E-state index in [9.17, 15) is 0 Å². The fraction of sp³-hybridized carbons (Fsp3) is 0.667. The van der Waals surface area contributed by atoms with E-state index in [4.69, 9.17) is 0 Å². The number of hydrogen-bond donors (Lipinski definition) is 1. The average Bonchev–Trinajstić information content (AvgIpc) is 2.31. The summed E-state index contributed by atoms with van der Waals surface area (Å²) < 4.78 is 1.95. The van der Waals surface area contributed by atoms with Crippen molar-refractivity contribution < 1.29 is 0 Å². The van der Waals surface area contributed by atoms with E-state index >= 15 is 0 Å². The van der Waals surface area contributed by atoms with Crippen LogP contribution >= 0.6 is 0 Å². The van der Waals surface area contributed by atoms with Gasteiger partial charge in [0.25, 0.3) is 0 Å². The predicted molar refractivity (Wildman–Crippen MR) is 50.2 cm³/mol. The van der Waals surface area contributed by atoms with E-state index in [2.05, 4.69) is 23.4 Å². The highest BCUT2D eigenvalue weighted by atomic mass is 15.3. The molecule has 0 aromatic carbocycles. The van der Waals surface area contributed by atoms with E-state index in [1.165, 1.54) is 5.69 Å². The van der Waals surface area contributed by atoms with E-state index < -0.39 is 0 Å². The van der Waals surface area contributed by atoms with Gasteiger partial charge in [-0.25, -0.2) is 0 Å². The van der Waals surface area contributed by atoms with Crippen LogP contribution in [0.4, 0.5) is 0 Å². The summed E-state index contributed by atoms with van der Waals surface area (Å²) in [6.07, 6.45) is 1.06. The Morgan fingerprint density at radius 1 is 1.58 bits per heavy atom. The van der Waals surface area contributed by atoms with Crippen LogP contribution in [-0.2, 0) is 13.5 Å². The zero-order valence-corrected chi connectivity index (χ0v) is 8.09. The third kappa shape index (κ3) is 2.34. The Bertz CT molecular complexity index is 240. The quantitative estimate of drug-likeness (QED) is 0.675. The predicted octanol–water partition coefficient (Wildman–Crippen LogP) is 0.881. The first-order valence-corrected chi connectivity index (χ1v) is 4.44. The van der Waals surface area contributed by atoms with Gasteiger partial charge in [0.1, 0.15) is 0 Å². The second-order valence-electron chi connectivity index (χ2n) is 3.00. The fourth-order valence-corrected chi connectivity index (χ4v) is 1.29. The molecule has 1 aromatic heterocycles.